The highest BCUT2D eigenvalue weighted by Gasteiger charge is 1.91. The Balaban J connectivity index is 2.74. The number of benzene rings is 1. The van der Waals surface area contributed by atoms with Crippen LogP contribution in [0.4, 0.5) is 0 Å². The van der Waals surface area contributed by atoms with E-state index >= 15 is 0 Å². The fourth-order valence-corrected chi connectivity index (χ4v) is 1.51. The zero-order valence-corrected chi connectivity index (χ0v) is 8.16. The Morgan fingerprint density at radius 1 is 1.27 bits per heavy atom. The maximum Gasteiger partial charge on any atom is -0.0244 e. The lowest BCUT2D eigenvalue weighted by Gasteiger charge is -2.00. The van der Waals surface area contributed by atoms with Crippen molar-refractivity contribution in [1.29, 1.82) is 0 Å². The summed E-state index contributed by atoms with van der Waals surface area (Å²) in [5, 5.41) is 0. The Hall–Kier alpha value is -0.350. The Morgan fingerprint density at radius 3 is 2.64 bits per heavy atom. The van der Waals surface area contributed by atoms with Crippen molar-refractivity contribution in [2.24, 2.45) is 0 Å². The van der Waals surface area contributed by atoms with Crippen molar-refractivity contribution < 1.29 is 0 Å². The summed E-state index contributed by atoms with van der Waals surface area (Å²) in [5.41, 5.74) is 2.90. The molecule has 1 unspecified atom stereocenters. The molecule has 11 heavy (non-hydrogen) atoms. The lowest BCUT2D eigenvalue weighted by atomic mass is 10.1. The van der Waals surface area contributed by atoms with Gasteiger partial charge in [-0.3, -0.25) is 0 Å². The Bertz CT molecular complexity index is 218. The number of hydrogen-bond donors (Lipinski definition) is 0. The topological polar surface area (TPSA) is 0 Å². The Kier molecular flexibility index (Phi) is 3.59. The minimum absolute atomic E-state index is 1.14. The van der Waals surface area contributed by atoms with Crippen molar-refractivity contribution in [3.8, 4) is 0 Å². The van der Waals surface area contributed by atoms with E-state index in [4.69, 9.17) is 0 Å². The van der Waals surface area contributed by atoms with Crippen LogP contribution in [-0.2, 0) is 12.8 Å². The summed E-state index contributed by atoms with van der Waals surface area (Å²) in [7, 11) is 2.76. The van der Waals surface area contributed by atoms with Crippen LogP contribution in [0.2, 0.25) is 0 Å². The monoisotopic (exact) mass is 166 g/mol. The van der Waals surface area contributed by atoms with Gasteiger partial charge < -0.3 is 0 Å². The Labute approximate surface area is 71.2 Å². The van der Waals surface area contributed by atoms with Gasteiger partial charge in [0.15, 0.2) is 0 Å². The van der Waals surface area contributed by atoms with Crippen LogP contribution in [0.1, 0.15) is 18.1 Å². The molecule has 1 atom stereocenters. The van der Waals surface area contributed by atoms with E-state index in [0.717, 1.165) is 12.6 Å². The molecule has 0 saturated heterocycles. The summed E-state index contributed by atoms with van der Waals surface area (Å²) in [6.45, 7) is 2.19. The first-order chi connectivity index (χ1) is 5.36. The molecular weight excluding hydrogens is 151 g/mol. The van der Waals surface area contributed by atoms with E-state index < -0.39 is 0 Å². The molecule has 1 heteroatoms. The highest BCUT2D eigenvalue weighted by atomic mass is 31.0. The maximum absolute atomic E-state index is 2.76. The molecule has 0 heterocycles. The van der Waals surface area contributed by atoms with E-state index in [1.807, 2.05) is 0 Å². The summed E-state index contributed by atoms with van der Waals surface area (Å²) in [6.07, 6.45) is 3.48. The van der Waals surface area contributed by atoms with Crippen LogP contribution in [0.15, 0.2) is 24.3 Å². The fourth-order valence-electron chi connectivity index (χ4n) is 1.17. The van der Waals surface area contributed by atoms with Crippen molar-refractivity contribution in [3.05, 3.63) is 35.4 Å². The molecule has 1 aromatic carbocycles. The lowest BCUT2D eigenvalue weighted by molar-refractivity contribution is 1.09. The largest absolute Gasteiger partial charge is 0.137 e. The molecule has 0 spiro atoms. The minimum Gasteiger partial charge on any atom is -0.137 e. The van der Waals surface area contributed by atoms with Gasteiger partial charge in [-0.15, -0.1) is 9.24 Å². The third-order valence-corrected chi connectivity index (χ3v) is 2.12. The summed E-state index contributed by atoms with van der Waals surface area (Å²) in [6, 6.07) is 8.83. The van der Waals surface area contributed by atoms with Crippen molar-refractivity contribution in [1.82, 2.24) is 0 Å². The van der Waals surface area contributed by atoms with Gasteiger partial charge in [-0.1, -0.05) is 31.2 Å². The molecule has 0 nitrogen and oxygen atoms in total. The van der Waals surface area contributed by atoms with E-state index in [2.05, 4.69) is 40.4 Å². The normalized spacial score (nSPS) is 10.0. The van der Waals surface area contributed by atoms with Crippen molar-refractivity contribution in [2.45, 2.75) is 19.8 Å². The summed E-state index contributed by atoms with van der Waals surface area (Å²) in [5.74, 6) is 0. The molecule has 0 aliphatic rings. The van der Waals surface area contributed by atoms with Crippen molar-refractivity contribution in [2.75, 3.05) is 6.16 Å². The maximum atomic E-state index is 2.76. The standard InChI is InChI=1S/C10H15P/c1-2-9-4-3-5-10(8-9)6-7-11/h3-5,8H,2,6-7,11H2,1H3. The molecule has 0 aromatic heterocycles. The molecule has 1 aromatic rings. The molecule has 0 amide bonds. The van der Waals surface area contributed by atoms with Gasteiger partial charge in [-0.25, -0.2) is 0 Å². The second-order valence-corrected chi connectivity index (χ2v) is 3.29. The molecule has 0 radical (unpaired) electrons. The van der Waals surface area contributed by atoms with E-state index in [0.29, 0.717) is 0 Å². The summed E-state index contributed by atoms with van der Waals surface area (Å²) >= 11 is 0. The van der Waals surface area contributed by atoms with Crippen LogP contribution in [-0.4, -0.2) is 6.16 Å². The van der Waals surface area contributed by atoms with E-state index in [9.17, 15) is 0 Å². The third kappa shape index (κ3) is 2.63. The SMILES string of the molecule is CCc1cccc(CCP)c1. The molecule has 0 aliphatic heterocycles. The highest BCUT2D eigenvalue weighted by Crippen LogP contribution is 2.07. The molecule has 0 bridgehead atoms. The van der Waals surface area contributed by atoms with Gasteiger partial charge in [0.1, 0.15) is 0 Å². The number of aryl methyl sites for hydroxylation is 2. The molecule has 60 valence electrons. The van der Waals surface area contributed by atoms with Gasteiger partial charge in [-0.05, 0) is 30.1 Å². The van der Waals surface area contributed by atoms with Gasteiger partial charge >= 0.3 is 0 Å². The second-order valence-electron chi connectivity index (χ2n) is 2.71. The van der Waals surface area contributed by atoms with E-state index in [1.54, 1.807) is 0 Å². The average Bonchev–Trinajstić information content (AvgIpc) is 2.06. The van der Waals surface area contributed by atoms with E-state index in [-0.39, 0.29) is 0 Å². The van der Waals surface area contributed by atoms with Gasteiger partial charge in [0, 0.05) is 0 Å². The van der Waals surface area contributed by atoms with Gasteiger partial charge in [0.2, 0.25) is 0 Å². The van der Waals surface area contributed by atoms with E-state index in [1.165, 1.54) is 17.5 Å². The molecule has 0 fully saturated rings. The van der Waals surface area contributed by atoms with Crippen LogP contribution in [0.5, 0.6) is 0 Å². The number of rotatable bonds is 3. The van der Waals surface area contributed by atoms with Gasteiger partial charge in [0.05, 0.1) is 0 Å². The zero-order chi connectivity index (χ0) is 8.10. The third-order valence-electron chi connectivity index (χ3n) is 1.83. The summed E-state index contributed by atoms with van der Waals surface area (Å²) in [4.78, 5) is 0. The highest BCUT2D eigenvalue weighted by molar-refractivity contribution is 7.16. The van der Waals surface area contributed by atoms with Gasteiger partial charge in [0.25, 0.3) is 0 Å². The first-order valence-corrected chi connectivity index (χ1v) is 4.96. The zero-order valence-electron chi connectivity index (χ0n) is 7.01. The van der Waals surface area contributed by atoms with Crippen LogP contribution in [0.25, 0.3) is 0 Å². The lowest BCUT2D eigenvalue weighted by Crippen LogP contribution is -1.87. The first-order valence-electron chi connectivity index (χ1n) is 4.14. The minimum atomic E-state index is 1.14. The summed E-state index contributed by atoms with van der Waals surface area (Å²) < 4.78 is 0. The smallest absolute Gasteiger partial charge is 0.0244 e. The predicted molar refractivity (Wildman–Crippen MR) is 54.1 cm³/mol. The van der Waals surface area contributed by atoms with Crippen LogP contribution in [0, 0.1) is 0 Å². The van der Waals surface area contributed by atoms with Crippen molar-refractivity contribution >= 4 is 9.24 Å². The predicted octanol–water partition coefficient (Wildman–Crippen LogP) is 2.67. The molecule has 1 rings (SSSR count). The van der Waals surface area contributed by atoms with Gasteiger partial charge in [-0.2, -0.15) is 0 Å². The van der Waals surface area contributed by atoms with Crippen molar-refractivity contribution in [3.63, 3.8) is 0 Å². The van der Waals surface area contributed by atoms with Crippen LogP contribution in [0.3, 0.4) is 0 Å². The second kappa shape index (κ2) is 4.51. The number of hydrogen-bond acceptors (Lipinski definition) is 0. The quantitative estimate of drug-likeness (QED) is 0.605. The molecule has 0 N–H and O–H groups in total. The fraction of sp³-hybridized carbons (Fsp3) is 0.400. The van der Waals surface area contributed by atoms with Crippen LogP contribution >= 0.6 is 9.24 Å². The first kappa shape index (κ1) is 8.74. The molecule has 0 aliphatic carbocycles. The Morgan fingerprint density at radius 2 is 2.00 bits per heavy atom. The molecular formula is C10H15P. The molecule has 0 saturated carbocycles. The van der Waals surface area contributed by atoms with Crippen LogP contribution < -0.4 is 0 Å². The average molecular weight is 166 g/mol.